The molecule has 0 amide bonds. The minimum atomic E-state index is -0.886. The van der Waals surface area contributed by atoms with Crippen LogP contribution in [0.25, 0.3) is 0 Å². The van der Waals surface area contributed by atoms with Crippen LogP contribution in [0.3, 0.4) is 0 Å². The summed E-state index contributed by atoms with van der Waals surface area (Å²) in [5.74, 6) is 0.354. The number of ether oxygens (including phenoxy) is 3. The van der Waals surface area contributed by atoms with E-state index in [0.29, 0.717) is 25.9 Å². The summed E-state index contributed by atoms with van der Waals surface area (Å²) in [6, 6.07) is 0. The van der Waals surface area contributed by atoms with Gasteiger partial charge in [0, 0.05) is 30.1 Å². The van der Waals surface area contributed by atoms with Gasteiger partial charge in [0.2, 0.25) is 0 Å². The Morgan fingerprint density at radius 1 is 1.00 bits per heavy atom. The number of hydrogen-bond donors (Lipinski definition) is 1. The summed E-state index contributed by atoms with van der Waals surface area (Å²) in [6.45, 7) is 0.401. The molecule has 6 aliphatic heterocycles. The molecule has 6 nitrogen and oxygen atoms in total. The van der Waals surface area contributed by atoms with Crippen LogP contribution in [0.4, 0.5) is 0 Å². The lowest BCUT2D eigenvalue weighted by atomic mass is 9.46. The zero-order valence-electron chi connectivity index (χ0n) is 11.4. The van der Waals surface area contributed by atoms with Gasteiger partial charge < -0.3 is 19.3 Å². The van der Waals surface area contributed by atoms with Crippen LogP contribution < -0.4 is 0 Å². The number of hydrogen-bond acceptors (Lipinski definition) is 6. The van der Waals surface area contributed by atoms with Crippen molar-refractivity contribution in [2.75, 3.05) is 6.61 Å². The van der Waals surface area contributed by atoms with Gasteiger partial charge in [0.1, 0.15) is 17.8 Å². The van der Waals surface area contributed by atoms with E-state index in [9.17, 15) is 14.7 Å². The van der Waals surface area contributed by atoms with Crippen molar-refractivity contribution >= 4 is 11.6 Å². The minimum Gasteiger partial charge on any atom is -0.390 e. The van der Waals surface area contributed by atoms with Gasteiger partial charge in [-0.2, -0.15) is 0 Å². The standard InChI is InChI=1S/C15H16O6/c16-5-1-7-10-11-8-2-6(17)13(21-8)15(11)9(18)3-14(10,4-19-15)12(5)20-7/h7-13,18H,1-4H2/t7-,8-,9+,10+,11+,12+,13+,14+,15-/m0/s1. The molecule has 1 saturated carbocycles. The first-order chi connectivity index (χ1) is 10.1. The predicted molar refractivity (Wildman–Crippen MR) is 65.3 cm³/mol. The van der Waals surface area contributed by atoms with Crippen molar-refractivity contribution < 1.29 is 28.9 Å². The molecular weight excluding hydrogens is 276 g/mol. The van der Waals surface area contributed by atoms with Crippen molar-refractivity contribution in [1.82, 2.24) is 0 Å². The molecule has 6 bridgehead atoms. The normalized spacial score (nSPS) is 66.0. The lowest BCUT2D eigenvalue weighted by molar-refractivity contribution is -0.291. The summed E-state index contributed by atoms with van der Waals surface area (Å²) in [5.41, 5.74) is -1.29. The van der Waals surface area contributed by atoms with Gasteiger partial charge in [0.05, 0.1) is 24.9 Å². The van der Waals surface area contributed by atoms with Gasteiger partial charge in [-0.1, -0.05) is 0 Å². The summed E-state index contributed by atoms with van der Waals surface area (Å²) < 4.78 is 17.9. The molecule has 0 unspecified atom stereocenters. The number of carbonyl (C=O) groups is 2. The zero-order valence-corrected chi connectivity index (χ0v) is 11.4. The van der Waals surface area contributed by atoms with Gasteiger partial charge in [-0.05, 0) is 6.42 Å². The Bertz CT molecular complexity index is 603. The molecule has 0 radical (unpaired) electrons. The number of aliphatic hydroxyl groups is 1. The quantitative estimate of drug-likeness (QED) is 0.631. The highest BCUT2D eigenvalue weighted by Crippen LogP contribution is 2.70. The van der Waals surface area contributed by atoms with Crippen molar-refractivity contribution in [1.29, 1.82) is 0 Å². The van der Waals surface area contributed by atoms with Gasteiger partial charge in [0.15, 0.2) is 11.6 Å². The van der Waals surface area contributed by atoms with E-state index < -0.39 is 29.3 Å². The van der Waals surface area contributed by atoms with E-state index in [1.165, 1.54) is 0 Å². The highest BCUT2D eigenvalue weighted by atomic mass is 16.6. The lowest BCUT2D eigenvalue weighted by Gasteiger charge is -2.63. The molecule has 112 valence electrons. The van der Waals surface area contributed by atoms with Crippen LogP contribution in [-0.4, -0.2) is 59.4 Å². The van der Waals surface area contributed by atoms with Crippen molar-refractivity contribution in [3.8, 4) is 0 Å². The monoisotopic (exact) mass is 292 g/mol. The van der Waals surface area contributed by atoms with E-state index in [2.05, 4.69) is 0 Å². The van der Waals surface area contributed by atoms with E-state index in [1.54, 1.807) is 0 Å². The average Bonchev–Trinajstić information content (AvgIpc) is 3.15. The molecule has 0 aromatic rings. The minimum absolute atomic E-state index is 0.0131. The van der Waals surface area contributed by atoms with Crippen LogP contribution in [-0.2, 0) is 23.8 Å². The van der Waals surface area contributed by atoms with Crippen LogP contribution in [0, 0.1) is 17.3 Å². The highest BCUT2D eigenvalue weighted by Gasteiger charge is 2.82. The number of aliphatic hydroxyl groups excluding tert-OH is 1. The average molecular weight is 292 g/mol. The van der Waals surface area contributed by atoms with Crippen LogP contribution in [0.15, 0.2) is 0 Å². The number of rotatable bonds is 0. The molecule has 9 atom stereocenters. The maximum atomic E-state index is 12.1. The largest absolute Gasteiger partial charge is 0.390 e. The van der Waals surface area contributed by atoms with Gasteiger partial charge >= 0.3 is 0 Å². The molecule has 0 aromatic heterocycles. The third-order valence-corrected chi connectivity index (χ3v) is 7.00. The van der Waals surface area contributed by atoms with Gasteiger partial charge in [-0.15, -0.1) is 0 Å². The smallest absolute Gasteiger partial charge is 0.167 e. The molecule has 1 aliphatic carbocycles. The Morgan fingerprint density at radius 2 is 1.67 bits per heavy atom. The van der Waals surface area contributed by atoms with Crippen molar-refractivity contribution in [3.63, 3.8) is 0 Å². The molecule has 0 aromatic carbocycles. The van der Waals surface area contributed by atoms with Gasteiger partial charge in [-0.25, -0.2) is 0 Å². The fourth-order valence-corrected chi connectivity index (χ4v) is 6.47. The van der Waals surface area contributed by atoms with E-state index in [-0.39, 0.29) is 35.6 Å². The Morgan fingerprint density at radius 3 is 2.43 bits per heavy atom. The lowest BCUT2D eigenvalue weighted by Crippen LogP contribution is -2.76. The first-order valence-corrected chi connectivity index (χ1v) is 7.76. The molecule has 21 heavy (non-hydrogen) atoms. The summed E-state index contributed by atoms with van der Waals surface area (Å²) in [5, 5.41) is 10.7. The topological polar surface area (TPSA) is 82.1 Å². The summed E-state index contributed by atoms with van der Waals surface area (Å²) in [7, 11) is 0. The Balaban J connectivity index is 1.56. The Hall–Kier alpha value is -0.820. The zero-order chi connectivity index (χ0) is 14.1. The van der Waals surface area contributed by atoms with Crippen LogP contribution in [0.5, 0.6) is 0 Å². The molecule has 7 aliphatic rings. The van der Waals surface area contributed by atoms with E-state index in [0.717, 1.165) is 0 Å². The summed E-state index contributed by atoms with van der Waals surface area (Å²) >= 11 is 0. The van der Waals surface area contributed by atoms with E-state index >= 15 is 0 Å². The van der Waals surface area contributed by atoms with Crippen molar-refractivity contribution in [2.45, 2.75) is 55.4 Å². The number of fused-ring (bicyclic) bond motifs is 6. The Kier molecular flexibility index (Phi) is 1.73. The maximum absolute atomic E-state index is 12.1. The van der Waals surface area contributed by atoms with E-state index in [1.807, 2.05) is 0 Å². The number of carbonyl (C=O) groups excluding carboxylic acids is 2. The van der Waals surface area contributed by atoms with Crippen LogP contribution in [0.1, 0.15) is 19.3 Å². The molecule has 6 heterocycles. The molecule has 7 rings (SSSR count). The van der Waals surface area contributed by atoms with Crippen molar-refractivity contribution in [3.05, 3.63) is 0 Å². The first kappa shape index (κ1) is 11.7. The SMILES string of the molecule is O=C1C[C@@H]2O[C@H]1[C@]13CO[C@]4([C@@H]([C@@H]21)[C@@H]1CC(=O)[C@H]4O1)[C@H](O)C3. The molecule has 6 saturated heterocycles. The van der Waals surface area contributed by atoms with E-state index in [4.69, 9.17) is 14.2 Å². The molecule has 6 heteroatoms. The van der Waals surface area contributed by atoms with Crippen LogP contribution in [0.2, 0.25) is 0 Å². The predicted octanol–water partition coefficient (Wildman–Crippen LogP) is -0.781. The maximum Gasteiger partial charge on any atom is 0.167 e. The Labute approximate surface area is 120 Å². The third kappa shape index (κ3) is 0.950. The molecular formula is C15H16O6. The fourth-order valence-electron chi connectivity index (χ4n) is 6.47. The van der Waals surface area contributed by atoms with Crippen LogP contribution >= 0.6 is 0 Å². The number of ketones is 2. The summed E-state index contributed by atoms with van der Waals surface area (Å²) in [4.78, 5) is 24.3. The van der Waals surface area contributed by atoms with Gasteiger partial charge in [-0.3, -0.25) is 9.59 Å². The second-order valence-electron chi connectivity index (χ2n) is 7.60. The molecule has 2 spiro atoms. The second kappa shape index (κ2) is 3.11. The fraction of sp³-hybridized carbons (Fsp3) is 0.867. The first-order valence-electron chi connectivity index (χ1n) is 7.76. The summed E-state index contributed by atoms with van der Waals surface area (Å²) in [6.07, 6.45) is -0.716. The third-order valence-electron chi connectivity index (χ3n) is 7.00. The van der Waals surface area contributed by atoms with Gasteiger partial charge in [0.25, 0.3) is 0 Å². The molecule has 1 N–H and O–H groups in total. The highest BCUT2D eigenvalue weighted by molar-refractivity contribution is 5.90. The number of Topliss-reactive ketones (excluding diaryl/α,β-unsaturated/α-hetero) is 2. The van der Waals surface area contributed by atoms with Crippen molar-refractivity contribution in [2.24, 2.45) is 17.3 Å². The second-order valence-corrected chi connectivity index (χ2v) is 7.60. The molecule has 7 fully saturated rings.